The van der Waals surface area contributed by atoms with Crippen LogP contribution < -0.4 is 11.2 Å². The molecule has 0 aliphatic carbocycles. The quantitative estimate of drug-likeness (QED) is 0.734. The van der Waals surface area contributed by atoms with Gasteiger partial charge in [0, 0.05) is 18.2 Å². The van der Waals surface area contributed by atoms with Crippen LogP contribution >= 0.6 is 0 Å². The molecule has 1 fully saturated rings. The number of ether oxygens (including phenoxy) is 2. The van der Waals surface area contributed by atoms with Crippen molar-refractivity contribution in [3.05, 3.63) is 32.6 Å². The molecule has 0 aromatic carbocycles. The second kappa shape index (κ2) is 5.69. The molecule has 2 rings (SSSR count). The van der Waals surface area contributed by atoms with Crippen LogP contribution in [-0.4, -0.2) is 38.4 Å². The molecule has 3 atom stereocenters. The molecule has 1 aliphatic rings. The number of aromatic nitrogens is 2. The van der Waals surface area contributed by atoms with Gasteiger partial charge in [0.25, 0.3) is 5.56 Å². The van der Waals surface area contributed by atoms with E-state index < -0.39 is 41.2 Å². The Bertz CT molecular complexity index is 734. The van der Waals surface area contributed by atoms with Gasteiger partial charge in [0.2, 0.25) is 0 Å². The summed E-state index contributed by atoms with van der Waals surface area (Å²) in [6, 6.07) is 0. The molecule has 0 spiro atoms. The highest BCUT2D eigenvalue weighted by molar-refractivity contribution is 5.76. The molecule has 1 aliphatic heterocycles. The molecule has 122 valence electrons. The highest BCUT2D eigenvalue weighted by Crippen LogP contribution is 2.29. The molecule has 22 heavy (non-hydrogen) atoms. The number of rotatable bonds is 2. The van der Waals surface area contributed by atoms with Crippen molar-refractivity contribution in [1.82, 2.24) is 9.55 Å². The second-order valence-electron chi connectivity index (χ2n) is 6.17. The first-order chi connectivity index (χ1) is 10.4. The van der Waals surface area contributed by atoms with Crippen molar-refractivity contribution in [2.75, 3.05) is 0 Å². The van der Waals surface area contributed by atoms with E-state index in [1.54, 1.807) is 20.8 Å². The molecule has 0 radical (unpaired) electrons. The maximum absolute atomic E-state index is 12.1. The van der Waals surface area contributed by atoms with E-state index in [0.717, 1.165) is 4.57 Å². The number of aromatic amines is 1. The number of aliphatic hydroxyl groups is 1. The van der Waals surface area contributed by atoms with Crippen LogP contribution in [0.5, 0.6) is 0 Å². The number of carbonyl (C=O) groups is 1. The molecule has 1 aromatic rings. The third-order valence-corrected chi connectivity index (χ3v) is 3.05. The molecule has 0 unspecified atom stereocenters. The summed E-state index contributed by atoms with van der Waals surface area (Å²) in [6.07, 6.45) is -3.76. The van der Waals surface area contributed by atoms with Crippen LogP contribution in [0.3, 0.4) is 0 Å². The standard InChI is InChI=1S/C14H20N2O6/c1-7-6-16(13(20)15-11(7)18)9-5-8(17)10(21-9)12(19)22-14(2,3)4/h6,8-10,17H,5H2,1-4H3,(H,15,18,20)/t8-,9+,10-/m0/s1/i10D. The fourth-order valence-electron chi connectivity index (χ4n) is 2.05. The largest absolute Gasteiger partial charge is 0.458 e. The monoisotopic (exact) mass is 313 g/mol. The number of H-pyrrole nitrogens is 1. The number of esters is 1. The normalized spacial score (nSPS) is 29.2. The number of hydrogen-bond donors (Lipinski definition) is 2. The minimum absolute atomic E-state index is 0.159. The molecule has 1 saturated heterocycles. The summed E-state index contributed by atoms with van der Waals surface area (Å²) in [7, 11) is 0. The first-order valence-electron chi connectivity index (χ1n) is 7.35. The van der Waals surface area contributed by atoms with Crippen LogP contribution in [0.4, 0.5) is 0 Å². The van der Waals surface area contributed by atoms with Crippen molar-refractivity contribution in [2.24, 2.45) is 0 Å². The fraction of sp³-hybridized carbons (Fsp3) is 0.643. The predicted molar refractivity (Wildman–Crippen MR) is 76.4 cm³/mol. The number of nitrogens with one attached hydrogen (secondary N) is 1. The number of aryl methyl sites for hydroxylation is 1. The first kappa shape index (κ1) is 15.0. The van der Waals surface area contributed by atoms with E-state index in [1.807, 2.05) is 0 Å². The zero-order valence-corrected chi connectivity index (χ0v) is 12.9. The third kappa shape index (κ3) is 3.45. The Morgan fingerprint density at radius 2 is 2.18 bits per heavy atom. The highest BCUT2D eigenvalue weighted by atomic mass is 16.6. The summed E-state index contributed by atoms with van der Waals surface area (Å²) < 4.78 is 19.5. The van der Waals surface area contributed by atoms with E-state index in [9.17, 15) is 19.5 Å². The van der Waals surface area contributed by atoms with Crippen molar-refractivity contribution >= 4 is 5.97 Å². The average Bonchev–Trinajstić information content (AvgIpc) is 2.69. The summed E-state index contributed by atoms with van der Waals surface area (Å²) in [5.74, 6) is -1.03. The van der Waals surface area contributed by atoms with Gasteiger partial charge in [-0.25, -0.2) is 9.59 Å². The van der Waals surface area contributed by atoms with Crippen LogP contribution in [0.1, 0.15) is 40.4 Å². The lowest BCUT2D eigenvalue weighted by molar-refractivity contribution is -0.173. The van der Waals surface area contributed by atoms with Crippen molar-refractivity contribution in [3.8, 4) is 0 Å². The lowest BCUT2D eigenvalue weighted by Gasteiger charge is -2.23. The Balaban J connectivity index is 2.31. The lowest BCUT2D eigenvalue weighted by atomic mass is 10.1. The van der Waals surface area contributed by atoms with Gasteiger partial charge in [0.1, 0.15) is 11.8 Å². The smallest absolute Gasteiger partial charge is 0.338 e. The van der Waals surface area contributed by atoms with Gasteiger partial charge in [-0.1, -0.05) is 0 Å². The van der Waals surface area contributed by atoms with Crippen molar-refractivity contribution < 1.29 is 20.7 Å². The third-order valence-electron chi connectivity index (χ3n) is 3.05. The fourth-order valence-corrected chi connectivity index (χ4v) is 2.05. The van der Waals surface area contributed by atoms with Gasteiger partial charge in [-0.2, -0.15) is 0 Å². The SMILES string of the molecule is [2H][C@]1(C(=O)OC(C)(C)C)O[C@@H](n2cc(C)c(=O)[nH]c2=O)C[C@@H]1O. The minimum atomic E-state index is -2.33. The summed E-state index contributed by atoms with van der Waals surface area (Å²) in [4.78, 5) is 37.5. The van der Waals surface area contributed by atoms with Gasteiger partial charge in [0.05, 0.1) is 7.47 Å². The van der Waals surface area contributed by atoms with E-state index >= 15 is 0 Å². The summed E-state index contributed by atoms with van der Waals surface area (Å²) in [5, 5.41) is 10.1. The molecule has 2 N–H and O–H groups in total. The van der Waals surface area contributed by atoms with Gasteiger partial charge in [-0.3, -0.25) is 14.3 Å². The van der Waals surface area contributed by atoms with Gasteiger partial charge < -0.3 is 14.6 Å². The molecule has 0 amide bonds. The van der Waals surface area contributed by atoms with Crippen molar-refractivity contribution in [2.45, 2.75) is 58.1 Å². The van der Waals surface area contributed by atoms with Gasteiger partial charge in [-0.15, -0.1) is 0 Å². The topological polar surface area (TPSA) is 111 Å². The van der Waals surface area contributed by atoms with Gasteiger partial charge in [0.15, 0.2) is 6.08 Å². The number of nitrogens with zero attached hydrogens (tertiary/aromatic N) is 1. The molecular weight excluding hydrogens is 292 g/mol. The zero-order valence-electron chi connectivity index (χ0n) is 13.9. The first-order valence-corrected chi connectivity index (χ1v) is 6.85. The van der Waals surface area contributed by atoms with Crippen LogP contribution in [0.25, 0.3) is 0 Å². The molecule has 0 saturated carbocycles. The van der Waals surface area contributed by atoms with Crippen LogP contribution in [0.15, 0.2) is 15.8 Å². The number of hydrogen-bond acceptors (Lipinski definition) is 6. The van der Waals surface area contributed by atoms with E-state index in [2.05, 4.69) is 4.98 Å². The number of aliphatic hydroxyl groups excluding tert-OH is 1. The summed E-state index contributed by atoms with van der Waals surface area (Å²) in [6.45, 7) is 6.39. The van der Waals surface area contributed by atoms with Crippen LogP contribution in [-0.2, 0) is 14.3 Å². The second-order valence-corrected chi connectivity index (χ2v) is 6.17. The zero-order chi connectivity index (χ0) is 17.6. The Morgan fingerprint density at radius 1 is 1.55 bits per heavy atom. The Morgan fingerprint density at radius 3 is 2.77 bits per heavy atom. The summed E-state index contributed by atoms with van der Waals surface area (Å²) in [5.41, 5.74) is -1.86. The van der Waals surface area contributed by atoms with Gasteiger partial charge >= 0.3 is 11.7 Å². The minimum Gasteiger partial charge on any atom is -0.458 e. The average molecular weight is 313 g/mol. The van der Waals surface area contributed by atoms with Gasteiger partial charge in [-0.05, 0) is 27.7 Å². The highest BCUT2D eigenvalue weighted by Gasteiger charge is 2.42. The number of carbonyl (C=O) groups excluding carboxylic acids is 1. The molecule has 8 nitrogen and oxygen atoms in total. The van der Waals surface area contributed by atoms with E-state index in [-0.39, 0.29) is 12.0 Å². The van der Waals surface area contributed by atoms with Crippen molar-refractivity contribution in [3.63, 3.8) is 0 Å². The Hall–Kier alpha value is -1.93. The van der Waals surface area contributed by atoms with Crippen LogP contribution in [0, 0.1) is 6.92 Å². The molecule has 1 aromatic heterocycles. The maximum atomic E-state index is 12.1. The molecule has 0 bridgehead atoms. The maximum Gasteiger partial charge on any atom is 0.338 e. The molecular formula is C14H20N2O6. The summed E-state index contributed by atoms with van der Waals surface area (Å²) >= 11 is 0. The lowest BCUT2D eigenvalue weighted by Crippen LogP contribution is -2.37. The van der Waals surface area contributed by atoms with E-state index in [4.69, 9.17) is 10.8 Å². The molecule has 2 heterocycles. The van der Waals surface area contributed by atoms with Crippen LogP contribution in [0.2, 0.25) is 0 Å². The predicted octanol–water partition coefficient (Wildman–Crippen LogP) is -0.165. The van der Waals surface area contributed by atoms with E-state index in [0.29, 0.717) is 0 Å². The Kier molecular flexibility index (Phi) is 3.88. The van der Waals surface area contributed by atoms with Crippen molar-refractivity contribution in [1.29, 1.82) is 0 Å². The Labute approximate surface area is 128 Å². The molecule has 8 heteroatoms. The van der Waals surface area contributed by atoms with E-state index in [1.165, 1.54) is 13.1 Å².